The maximum atomic E-state index is 2.39. The second-order valence-corrected chi connectivity index (χ2v) is 8.94. The van der Waals surface area contributed by atoms with Crippen molar-refractivity contribution in [1.82, 2.24) is 0 Å². The summed E-state index contributed by atoms with van der Waals surface area (Å²) >= 11 is 0. The molecule has 0 bridgehead atoms. The summed E-state index contributed by atoms with van der Waals surface area (Å²) in [6, 6.07) is 11.3. The molecule has 0 amide bonds. The fourth-order valence-electron chi connectivity index (χ4n) is 3.22. The minimum absolute atomic E-state index is 0.0495. The number of hydrogen-bond donors (Lipinski definition) is 1. The molecule has 1 heteroatoms. The van der Waals surface area contributed by atoms with Gasteiger partial charge in [-0.05, 0) is 28.7 Å². The van der Waals surface area contributed by atoms with Gasteiger partial charge in [-0.25, -0.2) is 10.9 Å². The Morgan fingerprint density at radius 2 is 1.43 bits per heavy atom. The highest BCUT2D eigenvalue weighted by Crippen LogP contribution is 2.44. The Kier molecular flexibility index (Phi) is 10.8. The minimum Gasteiger partial charge on any atom is -0.224 e. The van der Waals surface area contributed by atoms with Crippen molar-refractivity contribution in [3.63, 3.8) is 0 Å². The van der Waals surface area contributed by atoms with E-state index in [1.165, 1.54) is 63.5 Å². The third-order valence-corrected chi connectivity index (χ3v) is 7.42. The topological polar surface area (TPSA) is 0 Å². The Bertz CT molecular complexity index is 333. The number of hydrogen-bond acceptors (Lipinski definition) is 0. The molecule has 0 N–H and O–H groups in total. The maximum absolute atomic E-state index is 2.39. The molecule has 0 nitrogen and oxygen atoms in total. The molecule has 1 rings (SSSR count). The van der Waals surface area contributed by atoms with Gasteiger partial charge in [-0.15, -0.1) is 0 Å². The van der Waals surface area contributed by atoms with E-state index in [1.54, 1.807) is 4.90 Å². The molecule has 0 aromatic heterocycles. The van der Waals surface area contributed by atoms with Crippen LogP contribution in [0.2, 0.25) is 0 Å². The Balaban J connectivity index is 2.46. The molecular weight excluding hydrogens is 272 g/mol. The number of benzene rings is 1. The molecule has 0 radical (unpaired) electrons. The molecule has 122 valence electrons. The molecule has 2 atom stereocenters. The van der Waals surface area contributed by atoms with E-state index < -0.39 is 0 Å². The summed E-state index contributed by atoms with van der Waals surface area (Å²) in [4.78, 5) is 1.62. The van der Waals surface area contributed by atoms with E-state index in [9.17, 15) is 0 Å². The Labute approximate surface area is 136 Å². The van der Waals surface area contributed by atoms with Crippen LogP contribution >= 0.6 is 10.9 Å². The van der Waals surface area contributed by atoms with Gasteiger partial charge in [-0.2, -0.15) is 0 Å². The average Bonchev–Trinajstić information content (AvgIpc) is 2.52. The fraction of sp³-hybridized carbons (Fsp3) is 0.700. The fourth-order valence-corrected chi connectivity index (χ4v) is 6.14. The summed E-state index contributed by atoms with van der Waals surface area (Å²) in [5, 5.41) is 0.948. The van der Waals surface area contributed by atoms with Crippen molar-refractivity contribution in [3.8, 4) is 0 Å². The second-order valence-electron chi connectivity index (χ2n) is 6.12. The van der Waals surface area contributed by atoms with E-state index in [0.29, 0.717) is 0 Å². The normalized spacial score (nSPS) is 14.9. The zero-order valence-corrected chi connectivity index (χ0v) is 15.4. The van der Waals surface area contributed by atoms with Crippen LogP contribution in [-0.4, -0.2) is 11.0 Å². The number of rotatable bonds is 12. The first-order chi connectivity index (χ1) is 10.3. The van der Waals surface area contributed by atoms with Crippen molar-refractivity contribution in [1.29, 1.82) is 0 Å². The predicted molar refractivity (Wildman–Crippen MR) is 101 cm³/mol. The third kappa shape index (κ3) is 7.40. The molecule has 0 aliphatic carbocycles. The standard InChI is InChI=1S/C20H36S/c1-4-7-8-9-10-12-16-19(15-5-2)21(6-3)20-17-13-11-14-18-20/h11,13-14,17-19,21H,4-10,12,15-16H2,1-3H3. The first kappa shape index (κ1) is 18.6. The van der Waals surface area contributed by atoms with Gasteiger partial charge in [0.15, 0.2) is 0 Å². The van der Waals surface area contributed by atoms with Gasteiger partial charge < -0.3 is 0 Å². The van der Waals surface area contributed by atoms with Crippen LogP contribution in [-0.2, 0) is 0 Å². The van der Waals surface area contributed by atoms with Crippen LogP contribution in [0.15, 0.2) is 35.2 Å². The van der Waals surface area contributed by atoms with Crippen LogP contribution in [0.3, 0.4) is 0 Å². The van der Waals surface area contributed by atoms with Gasteiger partial charge in [0.25, 0.3) is 0 Å². The lowest BCUT2D eigenvalue weighted by Crippen LogP contribution is -2.10. The zero-order valence-electron chi connectivity index (χ0n) is 14.5. The SMILES string of the molecule is CCCCCCCCC(CCC)[SH](CC)c1ccccc1. The quantitative estimate of drug-likeness (QED) is 0.312. The largest absolute Gasteiger partial charge is 0.224 e. The van der Waals surface area contributed by atoms with Crippen LogP contribution in [0.25, 0.3) is 0 Å². The van der Waals surface area contributed by atoms with Crippen LogP contribution in [0.4, 0.5) is 0 Å². The molecule has 0 saturated carbocycles. The van der Waals surface area contributed by atoms with Crippen molar-refractivity contribution in [2.75, 3.05) is 5.75 Å². The lowest BCUT2D eigenvalue weighted by molar-refractivity contribution is 0.567. The molecular formula is C20H36S. The molecule has 2 unspecified atom stereocenters. The molecule has 0 aliphatic heterocycles. The lowest BCUT2D eigenvalue weighted by Gasteiger charge is -2.31. The van der Waals surface area contributed by atoms with Crippen molar-refractivity contribution in [3.05, 3.63) is 30.3 Å². The van der Waals surface area contributed by atoms with E-state index >= 15 is 0 Å². The highest BCUT2D eigenvalue weighted by molar-refractivity contribution is 8.17. The summed E-state index contributed by atoms with van der Waals surface area (Å²) in [6.07, 6.45) is 12.8. The highest BCUT2D eigenvalue weighted by Gasteiger charge is 2.16. The van der Waals surface area contributed by atoms with Gasteiger partial charge in [0.05, 0.1) is 0 Å². The summed E-state index contributed by atoms with van der Waals surface area (Å²) < 4.78 is 0. The van der Waals surface area contributed by atoms with Gasteiger partial charge in [0, 0.05) is 0 Å². The van der Waals surface area contributed by atoms with Crippen molar-refractivity contribution in [2.45, 2.75) is 88.7 Å². The van der Waals surface area contributed by atoms with E-state index in [-0.39, 0.29) is 10.9 Å². The summed E-state index contributed by atoms with van der Waals surface area (Å²) in [7, 11) is 0.0495. The summed E-state index contributed by atoms with van der Waals surface area (Å²) in [6.45, 7) is 7.04. The number of thiol groups is 1. The van der Waals surface area contributed by atoms with Crippen LogP contribution in [0.1, 0.15) is 78.6 Å². The average molecular weight is 309 g/mol. The first-order valence-corrected chi connectivity index (χ1v) is 10.7. The smallest absolute Gasteiger partial charge is 0.00986 e. The molecule has 0 spiro atoms. The van der Waals surface area contributed by atoms with Gasteiger partial charge >= 0.3 is 0 Å². The maximum Gasteiger partial charge on any atom is -0.00986 e. The number of unbranched alkanes of at least 4 members (excludes halogenated alkanes) is 5. The minimum atomic E-state index is 0.0495. The van der Waals surface area contributed by atoms with Gasteiger partial charge in [0.1, 0.15) is 0 Å². The second kappa shape index (κ2) is 12.1. The molecule has 21 heavy (non-hydrogen) atoms. The Morgan fingerprint density at radius 1 is 0.762 bits per heavy atom. The van der Waals surface area contributed by atoms with Crippen molar-refractivity contribution < 1.29 is 0 Å². The van der Waals surface area contributed by atoms with E-state index in [0.717, 1.165) is 5.25 Å². The first-order valence-electron chi connectivity index (χ1n) is 9.15. The zero-order chi connectivity index (χ0) is 15.3. The van der Waals surface area contributed by atoms with Crippen LogP contribution in [0.5, 0.6) is 0 Å². The Morgan fingerprint density at radius 3 is 2.05 bits per heavy atom. The summed E-state index contributed by atoms with van der Waals surface area (Å²) in [5.41, 5.74) is 0. The van der Waals surface area contributed by atoms with Crippen molar-refractivity contribution in [2.24, 2.45) is 0 Å². The van der Waals surface area contributed by atoms with Gasteiger partial charge in [-0.1, -0.05) is 96.0 Å². The molecule has 0 saturated heterocycles. The summed E-state index contributed by atoms with van der Waals surface area (Å²) in [5.74, 6) is 1.35. The van der Waals surface area contributed by atoms with Crippen LogP contribution < -0.4 is 0 Å². The lowest BCUT2D eigenvalue weighted by atomic mass is 10.1. The molecule has 1 aromatic carbocycles. The van der Waals surface area contributed by atoms with Crippen molar-refractivity contribution >= 4 is 10.9 Å². The molecule has 1 aromatic rings. The van der Waals surface area contributed by atoms with Crippen LogP contribution in [0, 0.1) is 0 Å². The molecule has 0 fully saturated rings. The Hall–Kier alpha value is -0.430. The van der Waals surface area contributed by atoms with E-state index in [2.05, 4.69) is 51.1 Å². The predicted octanol–water partition coefficient (Wildman–Crippen LogP) is 6.99. The van der Waals surface area contributed by atoms with Gasteiger partial charge in [-0.3, -0.25) is 0 Å². The molecule has 0 aliphatic rings. The molecule has 0 heterocycles. The third-order valence-electron chi connectivity index (χ3n) is 4.38. The monoisotopic (exact) mass is 308 g/mol. The van der Waals surface area contributed by atoms with Gasteiger partial charge in [0.2, 0.25) is 0 Å². The van der Waals surface area contributed by atoms with E-state index in [4.69, 9.17) is 0 Å². The highest BCUT2D eigenvalue weighted by atomic mass is 32.2. The van der Waals surface area contributed by atoms with E-state index in [1.807, 2.05) is 0 Å².